The number of alkyl halides is 3. The Morgan fingerprint density at radius 3 is 2.33 bits per heavy atom. The van der Waals surface area contributed by atoms with Gasteiger partial charge in [0.15, 0.2) is 5.69 Å². The Labute approximate surface area is 158 Å². The highest BCUT2D eigenvalue weighted by Gasteiger charge is 2.38. The van der Waals surface area contributed by atoms with Crippen LogP contribution in [0.15, 0.2) is 42.5 Å². The molecule has 0 saturated carbocycles. The number of amides is 1. The van der Waals surface area contributed by atoms with E-state index in [0.29, 0.717) is 0 Å². The molecule has 27 heavy (non-hydrogen) atoms. The van der Waals surface area contributed by atoms with Gasteiger partial charge in [0, 0.05) is 16.8 Å². The third-order valence-corrected chi connectivity index (χ3v) is 5.39. The molecule has 0 heterocycles. The fourth-order valence-corrected chi connectivity index (χ4v) is 2.80. The van der Waals surface area contributed by atoms with E-state index in [4.69, 9.17) is 11.6 Å². The molecule has 0 saturated heterocycles. The van der Waals surface area contributed by atoms with E-state index in [-0.39, 0.29) is 22.0 Å². The summed E-state index contributed by atoms with van der Waals surface area (Å²) in [6.07, 6.45) is -4.59. The molecule has 2 aromatic carbocycles. The third kappa shape index (κ3) is 4.59. The first kappa shape index (κ1) is 21.2. The van der Waals surface area contributed by atoms with Gasteiger partial charge < -0.3 is 5.32 Å². The summed E-state index contributed by atoms with van der Waals surface area (Å²) in [5.41, 5.74) is -1.42. The van der Waals surface area contributed by atoms with E-state index < -0.39 is 31.8 Å². The fraction of sp³-hybridized carbons (Fsp3) is 0.188. The van der Waals surface area contributed by atoms with Gasteiger partial charge in [-0.25, -0.2) is 4.55 Å². The average molecular weight is 424 g/mol. The number of quaternary nitrogens is 1. The van der Waals surface area contributed by atoms with Crippen LogP contribution in [-0.2, 0) is 16.5 Å². The summed E-state index contributed by atoms with van der Waals surface area (Å²) in [5.74, 6) is -0.865. The second kappa shape index (κ2) is 7.12. The summed E-state index contributed by atoms with van der Waals surface area (Å²) in [7, 11) is -2.45. The lowest BCUT2D eigenvalue weighted by Crippen LogP contribution is -2.47. The minimum Gasteiger partial charge on any atom is -0.322 e. The zero-order valence-corrected chi connectivity index (χ0v) is 15.7. The number of rotatable bonds is 4. The normalized spacial score (nSPS) is 12.7. The van der Waals surface area contributed by atoms with E-state index in [1.165, 1.54) is 24.3 Å². The number of hydrogen-bond donors (Lipinski definition) is 2. The van der Waals surface area contributed by atoms with E-state index in [1.807, 2.05) is 0 Å². The third-order valence-electron chi connectivity index (χ3n) is 3.81. The number of carbonyl (C=O) groups is 1. The summed E-state index contributed by atoms with van der Waals surface area (Å²) < 4.78 is 70.1. The van der Waals surface area contributed by atoms with Crippen LogP contribution >= 0.6 is 11.6 Å². The van der Waals surface area contributed by atoms with Gasteiger partial charge in [-0.2, -0.15) is 17.1 Å². The van der Waals surface area contributed by atoms with Crippen molar-refractivity contribution in [2.45, 2.75) is 6.18 Å². The van der Waals surface area contributed by atoms with E-state index in [9.17, 15) is 30.9 Å². The molecule has 0 radical (unpaired) electrons. The molecule has 0 fully saturated rings. The predicted octanol–water partition coefficient (Wildman–Crippen LogP) is 3.98. The van der Waals surface area contributed by atoms with Crippen molar-refractivity contribution < 1.29 is 30.9 Å². The molecular formula is C16H15ClF3N2O4S+. The Morgan fingerprint density at radius 2 is 1.78 bits per heavy atom. The van der Waals surface area contributed by atoms with E-state index in [0.717, 1.165) is 32.3 Å². The van der Waals surface area contributed by atoms with Crippen LogP contribution < -0.4 is 9.21 Å². The molecule has 11 heteroatoms. The Morgan fingerprint density at radius 1 is 1.15 bits per heavy atom. The van der Waals surface area contributed by atoms with Crippen molar-refractivity contribution in [3.05, 3.63) is 58.6 Å². The second-order valence-electron chi connectivity index (χ2n) is 5.99. The summed E-state index contributed by atoms with van der Waals surface area (Å²) in [4.78, 5) is 12.6. The van der Waals surface area contributed by atoms with Crippen molar-refractivity contribution in [1.82, 2.24) is 3.89 Å². The molecule has 0 aromatic heterocycles. The standard InChI is InChI=1S/C16H14ClF3N2O4S/c1-22(2,27(24,25)26)14-9-11(17)6-7-13(14)15(23)21-12-5-3-4-10(8-12)16(18,19)20/h3-9H,1-2H3,(H-,21,23,24,25,26)/p+1. The molecule has 0 unspecified atom stereocenters. The zero-order chi connectivity index (χ0) is 20.6. The number of halogens is 4. The lowest BCUT2D eigenvalue weighted by Gasteiger charge is -2.26. The number of hydrogen-bond acceptors (Lipinski definition) is 3. The Balaban J connectivity index is 2.47. The molecule has 0 aliphatic rings. The molecule has 2 N–H and O–H groups in total. The Bertz CT molecular complexity index is 991. The number of nitrogens with zero attached hydrogens (tertiary/aromatic N) is 1. The topological polar surface area (TPSA) is 83.5 Å². The van der Waals surface area contributed by atoms with Crippen molar-refractivity contribution >= 4 is 39.2 Å². The second-order valence-corrected chi connectivity index (χ2v) is 8.24. The quantitative estimate of drug-likeness (QED) is 0.575. The van der Waals surface area contributed by atoms with Crippen LogP contribution in [0.1, 0.15) is 15.9 Å². The Hall–Kier alpha value is -2.14. The van der Waals surface area contributed by atoms with Gasteiger partial charge in [-0.05, 0) is 30.3 Å². The van der Waals surface area contributed by atoms with Crippen LogP contribution in [0.2, 0.25) is 5.02 Å². The molecule has 0 bridgehead atoms. The fourth-order valence-electron chi connectivity index (χ4n) is 2.24. The highest BCUT2D eigenvalue weighted by atomic mass is 35.5. The average Bonchev–Trinajstić information content (AvgIpc) is 2.53. The SMILES string of the molecule is C[N+](C)(c1cc(Cl)ccc1C(=O)Nc1cccc(C(F)(F)F)c1)S(=O)(=O)O. The van der Waals surface area contributed by atoms with E-state index >= 15 is 0 Å². The molecule has 0 atom stereocenters. The smallest absolute Gasteiger partial charge is 0.322 e. The van der Waals surface area contributed by atoms with Gasteiger partial charge in [0.1, 0.15) is 5.56 Å². The van der Waals surface area contributed by atoms with Crippen molar-refractivity contribution in [3.63, 3.8) is 0 Å². The molecule has 6 nitrogen and oxygen atoms in total. The largest absolute Gasteiger partial charge is 0.437 e. The van der Waals surface area contributed by atoms with E-state index in [2.05, 4.69) is 5.32 Å². The molecular weight excluding hydrogens is 409 g/mol. The van der Waals surface area contributed by atoms with Gasteiger partial charge in [-0.1, -0.05) is 17.7 Å². The van der Waals surface area contributed by atoms with Crippen LogP contribution in [0.25, 0.3) is 0 Å². The highest BCUT2D eigenvalue weighted by Crippen LogP contribution is 2.33. The number of anilines is 1. The van der Waals surface area contributed by atoms with Crippen molar-refractivity contribution in [2.24, 2.45) is 0 Å². The number of carbonyl (C=O) groups excluding carboxylic acids is 1. The predicted molar refractivity (Wildman–Crippen MR) is 96.0 cm³/mol. The number of nitrogens with one attached hydrogen (secondary N) is 1. The maximum atomic E-state index is 12.8. The van der Waals surface area contributed by atoms with Gasteiger partial charge in [-0.15, -0.1) is 8.42 Å². The monoisotopic (exact) mass is 423 g/mol. The van der Waals surface area contributed by atoms with Crippen molar-refractivity contribution in [2.75, 3.05) is 19.4 Å². The maximum Gasteiger partial charge on any atom is 0.437 e. The van der Waals surface area contributed by atoms with Gasteiger partial charge in [0.05, 0.1) is 19.7 Å². The van der Waals surface area contributed by atoms with Crippen molar-refractivity contribution in [3.8, 4) is 0 Å². The summed E-state index contributed by atoms with van der Waals surface area (Å²) >= 11 is 5.87. The first-order chi connectivity index (χ1) is 12.2. The summed E-state index contributed by atoms with van der Waals surface area (Å²) in [6, 6.07) is 7.68. The molecule has 2 aromatic rings. The first-order valence-corrected chi connectivity index (χ1v) is 9.11. The van der Waals surface area contributed by atoms with Crippen LogP contribution in [-0.4, -0.2) is 33.0 Å². The molecule has 1 amide bonds. The van der Waals surface area contributed by atoms with Crippen LogP contribution in [0, 0.1) is 0 Å². The van der Waals surface area contributed by atoms with Crippen LogP contribution in [0.5, 0.6) is 0 Å². The summed E-state index contributed by atoms with van der Waals surface area (Å²) in [6.45, 7) is 0. The first-order valence-electron chi connectivity index (χ1n) is 7.34. The van der Waals surface area contributed by atoms with Crippen molar-refractivity contribution in [1.29, 1.82) is 0 Å². The van der Waals surface area contributed by atoms with Gasteiger partial charge >= 0.3 is 16.5 Å². The van der Waals surface area contributed by atoms with Gasteiger partial charge in [0.2, 0.25) is 0 Å². The van der Waals surface area contributed by atoms with Crippen LogP contribution in [0.4, 0.5) is 24.5 Å². The lowest BCUT2D eigenvalue weighted by atomic mass is 10.1. The molecule has 2 rings (SSSR count). The molecule has 0 aliphatic carbocycles. The highest BCUT2D eigenvalue weighted by molar-refractivity contribution is 7.85. The van der Waals surface area contributed by atoms with Crippen LogP contribution in [0.3, 0.4) is 0 Å². The summed E-state index contributed by atoms with van der Waals surface area (Å²) in [5, 5.41) is 2.39. The van der Waals surface area contributed by atoms with Gasteiger partial charge in [0.25, 0.3) is 5.91 Å². The molecule has 0 aliphatic heterocycles. The maximum absolute atomic E-state index is 12.8. The minimum atomic E-state index is -4.68. The zero-order valence-electron chi connectivity index (χ0n) is 14.1. The molecule has 146 valence electrons. The van der Waals surface area contributed by atoms with E-state index in [1.54, 1.807) is 0 Å². The lowest BCUT2D eigenvalue weighted by molar-refractivity contribution is -0.137. The minimum absolute atomic E-state index is 0.107. The Kier molecular flexibility index (Phi) is 5.58. The number of benzene rings is 2. The van der Waals surface area contributed by atoms with Gasteiger partial charge in [-0.3, -0.25) is 4.79 Å². The molecule has 0 spiro atoms.